The van der Waals surface area contributed by atoms with Crippen LogP contribution >= 0.6 is 11.8 Å². The molecule has 1 aromatic carbocycles. The highest BCUT2D eigenvalue weighted by molar-refractivity contribution is 7.98. The van der Waals surface area contributed by atoms with Gasteiger partial charge < -0.3 is 9.52 Å². The summed E-state index contributed by atoms with van der Waals surface area (Å²) in [7, 11) is 0. The van der Waals surface area contributed by atoms with Gasteiger partial charge in [-0.25, -0.2) is 4.79 Å². The Labute approximate surface area is 84.4 Å². The van der Waals surface area contributed by atoms with Crippen LogP contribution in [0.15, 0.2) is 38.4 Å². The lowest BCUT2D eigenvalue weighted by Gasteiger charge is -2.02. The van der Waals surface area contributed by atoms with E-state index in [9.17, 15) is 9.90 Å². The molecule has 14 heavy (non-hydrogen) atoms. The first-order valence-electron chi connectivity index (χ1n) is 4.03. The second-order valence-corrected chi connectivity index (χ2v) is 3.58. The van der Waals surface area contributed by atoms with E-state index >= 15 is 0 Å². The maximum absolute atomic E-state index is 11.3. The molecule has 0 saturated carbocycles. The molecule has 0 aliphatic heterocycles. The van der Waals surface area contributed by atoms with Crippen LogP contribution in [0.25, 0.3) is 11.0 Å². The van der Waals surface area contributed by atoms with Gasteiger partial charge in [0.05, 0.1) is 5.39 Å². The molecule has 3 nitrogen and oxygen atoms in total. The zero-order valence-corrected chi connectivity index (χ0v) is 8.30. The molecule has 0 aliphatic rings. The lowest BCUT2D eigenvalue weighted by molar-refractivity contribution is 0.447. The molecule has 1 heterocycles. The van der Waals surface area contributed by atoms with E-state index in [0.29, 0.717) is 11.0 Å². The van der Waals surface area contributed by atoms with Gasteiger partial charge >= 0.3 is 5.63 Å². The molecule has 2 aromatic rings. The summed E-state index contributed by atoms with van der Waals surface area (Å²) >= 11 is 1.18. The highest BCUT2D eigenvalue weighted by Gasteiger charge is 2.11. The Hall–Kier alpha value is -1.42. The maximum atomic E-state index is 11.3. The average molecular weight is 208 g/mol. The summed E-state index contributed by atoms with van der Waals surface area (Å²) < 4.78 is 5.03. The van der Waals surface area contributed by atoms with Crippen LogP contribution in [-0.2, 0) is 0 Å². The van der Waals surface area contributed by atoms with E-state index in [4.69, 9.17) is 4.42 Å². The van der Waals surface area contributed by atoms with Crippen LogP contribution in [0.4, 0.5) is 0 Å². The van der Waals surface area contributed by atoms with Gasteiger partial charge in [0, 0.05) is 0 Å². The Morgan fingerprint density at radius 3 is 2.79 bits per heavy atom. The van der Waals surface area contributed by atoms with Gasteiger partial charge in [-0.05, 0) is 18.4 Å². The Bertz CT molecular complexity index is 530. The Morgan fingerprint density at radius 2 is 2.07 bits per heavy atom. The minimum Gasteiger partial charge on any atom is -0.506 e. The Balaban J connectivity index is 2.93. The van der Waals surface area contributed by atoms with Crippen LogP contribution < -0.4 is 5.63 Å². The molecule has 0 unspecified atom stereocenters. The van der Waals surface area contributed by atoms with E-state index in [1.54, 1.807) is 30.5 Å². The van der Waals surface area contributed by atoms with Gasteiger partial charge in [-0.3, -0.25) is 0 Å². The smallest absolute Gasteiger partial charge is 0.353 e. The quantitative estimate of drug-likeness (QED) is 0.576. The molecule has 0 amide bonds. The summed E-state index contributed by atoms with van der Waals surface area (Å²) in [6, 6.07) is 6.91. The fraction of sp³-hybridized carbons (Fsp3) is 0.100. The van der Waals surface area contributed by atoms with E-state index in [1.807, 2.05) is 0 Å². The largest absolute Gasteiger partial charge is 0.506 e. The van der Waals surface area contributed by atoms with E-state index in [0.717, 1.165) is 0 Å². The summed E-state index contributed by atoms with van der Waals surface area (Å²) in [5, 5.41) is 10.3. The average Bonchev–Trinajstić information content (AvgIpc) is 2.18. The standard InChI is InChI=1S/C10H8O3S/c1-14-9-8(11)6-4-2-3-5-7(6)13-10(9)12/h2-5,11H,1H3. The molecule has 0 radical (unpaired) electrons. The minimum atomic E-state index is -0.492. The third-order valence-corrected chi connectivity index (χ3v) is 2.72. The van der Waals surface area contributed by atoms with E-state index in [1.165, 1.54) is 11.8 Å². The second kappa shape index (κ2) is 3.38. The van der Waals surface area contributed by atoms with Crippen molar-refractivity contribution in [2.45, 2.75) is 4.90 Å². The summed E-state index contributed by atoms with van der Waals surface area (Å²) in [5.41, 5.74) is -0.0819. The van der Waals surface area contributed by atoms with Gasteiger partial charge in [0.1, 0.15) is 16.2 Å². The molecule has 0 bridgehead atoms. The SMILES string of the molecule is CSc1c(O)c2ccccc2oc1=O. The normalized spacial score (nSPS) is 10.6. The van der Waals surface area contributed by atoms with Crippen LogP contribution in [0.3, 0.4) is 0 Å². The fourth-order valence-corrected chi connectivity index (χ4v) is 1.81. The van der Waals surface area contributed by atoms with E-state index in [2.05, 4.69) is 0 Å². The molecule has 0 aliphatic carbocycles. The van der Waals surface area contributed by atoms with Crippen molar-refractivity contribution in [3.8, 4) is 5.75 Å². The summed E-state index contributed by atoms with van der Waals surface area (Å²) in [6.07, 6.45) is 1.72. The van der Waals surface area contributed by atoms with E-state index in [-0.39, 0.29) is 10.6 Å². The maximum Gasteiger partial charge on any atom is 0.353 e. The summed E-state index contributed by atoms with van der Waals surface area (Å²) in [5.74, 6) is 0.00403. The number of benzene rings is 1. The molecule has 72 valence electrons. The first kappa shape index (κ1) is 9.15. The van der Waals surface area contributed by atoms with Gasteiger partial charge in [-0.2, -0.15) is 0 Å². The minimum absolute atomic E-state index is 0.00403. The zero-order valence-electron chi connectivity index (χ0n) is 7.48. The van der Waals surface area contributed by atoms with Crippen LogP contribution in [-0.4, -0.2) is 11.4 Å². The molecule has 4 heteroatoms. The Kier molecular flexibility index (Phi) is 2.21. The number of hydrogen-bond donors (Lipinski definition) is 1. The van der Waals surface area contributed by atoms with Crippen molar-refractivity contribution in [2.75, 3.05) is 6.26 Å². The third-order valence-electron chi connectivity index (χ3n) is 1.95. The van der Waals surface area contributed by atoms with Crippen molar-refractivity contribution in [1.29, 1.82) is 0 Å². The highest BCUT2D eigenvalue weighted by Crippen LogP contribution is 2.30. The number of thioether (sulfide) groups is 1. The molecular formula is C10H8O3S. The zero-order chi connectivity index (χ0) is 10.1. The molecule has 0 atom stereocenters. The number of fused-ring (bicyclic) bond motifs is 1. The third kappa shape index (κ3) is 1.28. The molecule has 0 spiro atoms. The first-order chi connectivity index (χ1) is 6.74. The van der Waals surface area contributed by atoms with Gasteiger partial charge in [0.25, 0.3) is 0 Å². The van der Waals surface area contributed by atoms with Gasteiger partial charge in [-0.15, -0.1) is 11.8 Å². The van der Waals surface area contributed by atoms with Gasteiger partial charge in [0.2, 0.25) is 0 Å². The van der Waals surface area contributed by atoms with Crippen molar-refractivity contribution in [2.24, 2.45) is 0 Å². The lowest BCUT2D eigenvalue weighted by atomic mass is 10.2. The molecule has 2 rings (SSSR count). The monoisotopic (exact) mass is 208 g/mol. The predicted octanol–water partition coefficient (Wildman–Crippen LogP) is 2.22. The number of hydrogen-bond acceptors (Lipinski definition) is 4. The molecular weight excluding hydrogens is 200 g/mol. The number of rotatable bonds is 1. The van der Waals surface area contributed by atoms with Gasteiger partial charge in [-0.1, -0.05) is 12.1 Å². The second-order valence-electron chi connectivity index (χ2n) is 2.77. The van der Waals surface area contributed by atoms with Crippen LogP contribution in [0.5, 0.6) is 5.75 Å². The lowest BCUT2D eigenvalue weighted by Crippen LogP contribution is -2.01. The van der Waals surface area contributed by atoms with Gasteiger partial charge in [0.15, 0.2) is 0 Å². The van der Waals surface area contributed by atoms with Crippen LogP contribution in [0, 0.1) is 0 Å². The predicted molar refractivity (Wildman–Crippen MR) is 55.9 cm³/mol. The van der Waals surface area contributed by atoms with Crippen molar-refractivity contribution in [3.63, 3.8) is 0 Å². The summed E-state index contributed by atoms with van der Waals surface area (Å²) in [6.45, 7) is 0. The van der Waals surface area contributed by atoms with Crippen molar-refractivity contribution in [3.05, 3.63) is 34.7 Å². The molecule has 0 fully saturated rings. The Morgan fingerprint density at radius 1 is 1.36 bits per heavy atom. The van der Waals surface area contributed by atoms with Crippen LogP contribution in [0.2, 0.25) is 0 Å². The molecule has 1 N–H and O–H groups in total. The topological polar surface area (TPSA) is 50.4 Å². The van der Waals surface area contributed by atoms with Crippen molar-refractivity contribution in [1.82, 2.24) is 0 Å². The summed E-state index contributed by atoms with van der Waals surface area (Å²) in [4.78, 5) is 11.6. The van der Waals surface area contributed by atoms with Crippen molar-refractivity contribution < 1.29 is 9.52 Å². The highest BCUT2D eigenvalue weighted by atomic mass is 32.2. The number of aromatic hydroxyl groups is 1. The fourth-order valence-electron chi connectivity index (χ4n) is 1.30. The molecule has 0 saturated heterocycles. The molecule has 1 aromatic heterocycles. The first-order valence-corrected chi connectivity index (χ1v) is 5.25. The number of para-hydroxylation sites is 1. The van der Waals surface area contributed by atoms with Crippen LogP contribution in [0.1, 0.15) is 0 Å². The van der Waals surface area contributed by atoms with Crippen molar-refractivity contribution >= 4 is 22.7 Å². The van der Waals surface area contributed by atoms with E-state index < -0.39 is 5.63 Å².